The van der Waals surface area contributed by atoms with Crippen LogP contribution in [0.1, 0.15) is 30.0 Å². The normalized spacial score (nSPS) is 18.0. The first-order chi connectivity index (χ1) is 9.43. The maximum atomic E-state index is 13.2. The molecule has 120 valence electrons. The van der Waals surface area contributed by atoms with Gasteiger partial charge in [-0.15, -0.1) is 12.4 Å². The summed E-state index contributed by atoms with van der Waals surface area (Å²) >= 11 is 0. The zero-order valence-electron chi connectivity index (χ0n) is 11.7. The Bertz CT molecular complexity index is 462. The van der Waals surface area contributed by atoms with Gasteiger partial charge in [-0.25, -0.2) is 0 Å². The molecule has 0 aliphatic carbocycles. The summed E-state index contributed by atoms with van der Waals surface area (Å²) in [5, 5.41) is 3.19. The van der Waals surface area contributed by atoms with Crippen LogP contribution < -0.4 is 15.8 Å². The van der Waals surface area contributed by atoms with E-state index in [9.17, 15) is 13.2 Å². The number of hydrogen-bond donors (Lipinski definition) is 2. The van der Waals surface area contributed by atoms with E-state index in [-0.39, 0.29) is 29.6 Å². The van der Waals surface area contributed by atoms with Crippen molar-refractivity contribution in [1.82, 2.24) is 5.32 Å². The van der Waals surface area contributed by atoms with Crippen molar-refractivity contribution in [2.75, 3.05) is 20.2 Å². The standard InChI is InChI=1S/C14H19F3N2O.ClH/c1-20-10-2-3-11(12(8-10)14(15,16)17)13(18)9-4-6-19-7-5-9;/h2-3,8-9,13,19H,4-7,18H2,1H3;1H/t13-;/m1./s1. The molecule has 1 aliphatic heterocycles. The number of piperidine rings is 1. The molecule has 1 heterocycles. The molecule has 0 unspecified atom stereocenters. The van der Waals surface area contributed by atoms with Crippen LogP contribution in [0, 0.1) is 5.92 Å². The van der Waals surface area contributed by atoms with Gasteiger partial charge in [-0.2, -0.15) is 13.2 Å². The van der Waals surface area contributed by atoms with Crippen molar-refractivity contribution in [2.24, 2.45) is 11.7 Å². The first-order valence-electron chi connectivity index (χ1n) is 6.65. The van der Waals surface area contributed by atoms with Gasteiger partial charge in [0.25, 0.3) is 0 Å². The number of hydrogen-bond acceptors (Lipinski definition) is 3. The Morgan fingerprint density at radius 1 is 1.29 bits per heavy atom. The van der Waals surface area contributed by atoms with Crippen LogP contribution in [-0.2, 0) is 6.18 Å². The van der Waals surface area contributed by atoms with Crippen molar-refractivity contribution in [3.05, 3.63) is 29.3 Å². The molecule has 0 radical (unpaired) electrons. The van der Waals surface area contributed by atoms with E-state index in [1.807, 2.05) is 0 Å². The zero-order valence-corrected chi connectivity index (χ0v) is 12.6. The van der Waals surface area contributed by atoms with Crippen LogP contribution in [-0.4, -0.2) is 20.2 Å². The monoisotopic (exact) mass is 324 g/mol. The maximum absolute atomic E-state index is 13.2. The average molecular weight is 325 g/mol. The van der Waals surface area contributed by atoms with E-state index >= 15 is 0 Å². The molecule has 0 aromatic heterocycles. The molecular weight excluding hydrogens is 305 g/mol. The molecule has 3 nitrogen and oxygen atoms in total. The van der Waals surface area contributed by atoms with Gasteiger partial charge in [-0.3, -0.25) is 0 Å². The number of nitrogens with one attached hydrogen (secondary N) is 1. The highest BCUT2D eigenvalue weighted by molar-refractivity contribution is 5.85. The second kappa shape index (κ2) is 7.33. The minimum atomic E-state index is -4.42. The van der Waals surface area contributed by atoms with Gasteiger partial charge in [0.15, 0.2) is 0 Å². The molecule has 1 atom stereocenters. The smallest absolute Gasteiger partial charge is 0.416 e. The van der Waals surface area contributed by atoms with Crippen molar-refractivity contribution < 1.29 is 17.9 Å². The van der Waals surface area contributed by atoms with Crippen LogP contribution in [0.3, 0.4) is 0 Å². The Hall–Kier alpha value is -0.980. The molecule has 2 rings (SSSR count). The third-order valence-electron chi connectivity index (χ3n) is 3.82. The Balaban J connectivity index is 0.00000220. The number of nitrogens with two attached hydrogens (primary N) is 1. The summed E-state index contributed by atoms with van der Waals surface area (Å²) in [5.41, 5.74) is 5.56. The van der Waals surface area contributed by atoms with E-state index < -0.39 is 17.8 Å². The Kier molecular flexibility index (Phi) is 6.31. The van der Waals surface area contributed by atoms with Crippen LogP contribution in [0.15, 0.2) is 18.2 Å². The van der Waals surface area contributed by atoms with Gasteiger partial charge in [0.05, 0.1) is 12.7 Å². The maximum Gasteiger partial charge on any atom is 0.416 e. The molecule has 0 spiro atoms. The lowest BCUT2D eigenvalue weighted by atomic mass is 9.84. The Morgan fingerprint density at radius 3 is 2.43 bits per heavy atom. The summed E-state index contributed by atoms with van der Waals surface area (Å²) in [6, 6.07) is 3.40. The first kappa shape index (κ1) is 18.1. The lowest BCUT2D eigenvalue weighted by Crippen LogP contribution is -2.34. The predicted molar refractivity (Wildman–Crippen MR) is 77.8 cm³/mol. The van der Waals surface area contributed by atoms with Crippen LogP contribution in [0.5, 0.6) is 5.75 Å². The summed E-state index contributed by atoms with van der Waals surface area (Å²) in [5.74, 6) is 0.268. The molecular formula is C14H20ClF3N2O. The average Bonchev–Trinajstić information content (AvgIpc) is 2.46. The molecule has 1 aliphatic rings. The predicted octanol–water partition coefficient (Wildman–Crippen LogP) is 3.14. The van der Waals surface area contributed by atoms with E-state index in [1.54, 1.807) is 0 Å². The van der Waals surface area contributed by atoms with Crippen LogP contribution in [0.4, 0.5) is 13.2 Å². The van der Waals surface area contributed by atoms with Crippen molar-refractivity contribution in [1.29, 1.82) is 0 Å². The van der Waals surface area contributed by atoms with Gasteiger partial charge in [-0.05, 0) is 49.5 Å². The SMILES string of the molecule is COc1ccc([C@H](N)C2CCNCC2)c(C(F)(F)F)c1.Cl. The number of rotatable bonds is 3. The Labute approximate surface area is 128 Å². The second-order valence-corrected chi connectivity index (χ2v) is 5.06. The molecule has 3 N–H and O–H groups in total. The van der Waals surface area contributed by atoms with E-state index in [0.29, 0.717) is 0 Å². The largest absolute Gasteiger partial charge is 0.497 e. The van der Waals surface area contributed by atoms with Crippen LogP contribution in [0.2, 0.25) is 0 Å². The van der Waals surface area contributed by atoms with Crippen LogP contribution >= 0.6 is 12.4 Å². The van der Waals surface area contributed by atoms with E-state index in [4.69, 9.17) is 10.5 Å². The van der Waals surface area contributed by atoms with Gasteiger partial charge in [-0.1, -0.05) is 6.07 Å². The molecule has 0 amide bonds. The molecule has 7 heteroatoms. The highest BCUT2D eigenvalue weighted by atomic mass is 35.5. The lowest BCUT2D eigenvalue weighted by Gasteiger charge is -2.30. The number of ether oxygens (including phenoxy) is 1. The highest BCUT2D eigenvalue weighted by Gasteiger charge is 2.36. The van der Waals surface area contributed by atoms with Gasteiger partial charge in [0.1, 0.15) is 5.75 Å². The number of benzene rings is 1. The minimum absolute atomic E-state index is 0. The summed E-state index contributed by atoms with van der Waals surface area (Å²) in [4.78, 5) is 0. The first-order valence-corrected chi connectivity index (χ1v) is 6.65. The number of halogens is 4. The van der Waals surface area contributed by atoms with Crippen molar-refractivity contribution in [3.63, 3.8) is 0 Å². The lowest BCUT2D eigenvalue weighted by molar-refractivity contribution is -0.138. The molecule has 0 saturated carbocycles. The van der Waals surface area contributed by atoms with E-state index in [1.165, 1.54) is 19.2 Å². The summed E-state index contributed by atoms with van der Waals surface area (Å²) in [6.45, 7) is 1.60. The molecule has 21 heavy (non-hydrogen) atoms. The fourth-order valence-electron chi connectivity index (χ4n) is 2.66. The molecule has 1 fully saturated rings. The molecule has 1 saturated heterocycles. The van der Waals surface area contributed by atoms with Gasteiger partial charge in [0, 0.05) is 6.04 Å². The van der Waals surface area contributed by atoms with Gasteiger partial charge < -0.3 is 15.8 Å². The number of methoxy groups -OCH3 is 1. The summed E-state index contributed by atoms with van der Waals surface area (Å²) in [6.07, 6.45) is -2.83. The second-order valence-electron chi connectivity index (χ2n) is 5.06. The highest BCUT2D eigenvalue weighted by Crippen LogP contribution is 2.39. The summed E-state index contributed by atoms with van der Waals surface area (Å²) < 4.78 is 44.4. The fraction of sp³-hybridized carbons (Fsp3) is 0.571. The third-order valence-corrected chi connectivity index (χ3v) is 3.82. The van der Waals surface area contributed by atoms with Crippen molar-refractivity contribution >= 4 is 12.4 Å². The van der Waals surface area contributed by atoms with E-state index in [0.717, 1.165) is 32.0 Å². The number of alkyl halides is 3. The third kappa shape index (κ3) is 4.25. The fourth-order valence-corrected chi connectivity index (χ4v) is 2.66. The topological polar surface area (TPSA) is 47.3 Å². The molecule has 1 aromatic carbocycles. The van der Waals surface area contributed by atoms with Crippen molar-refractivity contribution in [3.8, 4) is 5.75 Å². The molecule has 1 aromatic rings. The quantitative estimate of drug-likeness (QED) is 0.898. The zero-order chi connectivity index (χ0) is 14.8. The van der Waals surface area contributed by atoms with Crippen LogP contribution in [0.25, 0.3) is 0 Å². The Morgan fingerprint density at radius 2 is 1.90 bits per heavy atom. The van der Waals surface area contributed by atoms with Gasteiger partial charge in [0.2, 0.25) is 0 Å². The minimum Gasteiger partial charge on any atom is -0.497 e. The van der Waals surface area contributed by atoms with Gasteiger partial charge >= 0.3 is 6.18 Å². The van der Waals surface area contributed by atoms with Crippen molar-refractivity contribution in [2.45, 2.75) is 25.1 Å². The molecule has 0 bridgehead atoms. The summed E-state index contributed by atoms with van der Waals surface area (Å²) in [7, 11) is 1.35. The van der Waals surface area contributed by atoms with E-state index in [2.05, 4.69) is 5.32 Å².